The fourth-order valence-corrected chi connectivity index (χ4v) is 2.96. The first-order valence-corrected chi connectivity index (χ1v) is 9.23. The summed E-state index contributed by atoms with van der Waals surface area (Å²) in [6.45, 7) is 4.90. The Morgan fingerprint density at radius 2 is 2.09 bits per heavy atom. The second-order valence-corrected chi connectivity index (χ2v) is 6.73. The molecule has 1 heterocycles. The average Bonchev–Trinajstić information content (AvgIpc) is 2.79. The maximum Gasteiger partial charge on any atom is 0.324 e. The summed E-state index contributed by atoms with van der Waals surface area (Å²) in [5.41, 5.74) is 2.24. The molecule has 0 bridgehead atoms. The van der Waals surface area contributed by atoms with E-state index in [1.807, 2.05) is 38.3 Å². The Morgan fingerprint density at radius 1 is 1.30 bits per heavy atom. The Balaban J connectivity index is 1.78. The molecule has 6 heteroatoms. The normalized spacial score (nSPS) is 17.5. The van der Waals surface area contributed by atoms with Crippen LogP contribution in [0, 0.1) is 13.8 Å². The quantitative estimate of drug-likeness (QED) is 0.586. The largest absolute Gasteiger partial charge is 0.493 e. The minimum absolute atomic E-state index is 0.115. The highest BCUT2D eigenvalue weighted by Crippen LogP contribution is 2.19. The van der Waals surface area contributed by atoms with E-state index in [-0.39, 0.29) is 18.0 Å². The van der Waals surface area contributed by atoms with E-state index in [1.165, 1.54) is 4.90 Å². The fraction of sp³-hybridized carbons (Fsp3) is 0.529. The highest BCUT2D eigenvalue weighted by atomic mass is 32.2. The molecule has 0 aliphatic carbocycles. The molecule has 2 rings (SSSR count). The molecule has 23 heavy (non-hydrogen) atoms. The monoisotopic (exact) mass is 336 g/mol. The molecule has 1 atom stereocenters. The van der Waals surface area contributed by atoms with Crippen LogP contribution in [-0.2, 0) is 4.79 Å². The fourth-order valence-electron chi connectivity index (χ4n) is 2.49. The molecule has 1 aliphatic heterocycles. The number of hydrogen-bond acceptors (Lipinski definition) is 4. The zero-order chi connectivity index (χ0) is 16.8. The Morgan fingerprint density at radius 3 is 2.83 bits per heavy atom. The van der Waals surface area contributed by atoms with Crippen LogP contribution in [0.15, 0.2) is 18.2 Å². The molecular weight excluding hydrogens is 312 g/mol. The first-order valence-electron chi connectivity index (χ1n) is 7.84. The summed E-state index contributed by atoms with van der Waals surface area (Å²) in [7, 11) is 0. The van der Waals surface area contributed by atoms with Crippen LogP contribution in [0.2, 0.25) is 0 Å². The Hall–Kier alpha value is -1.69. The van der Waals surface area contributed by atoms with Gasteiger partial charge in [0.25, 0.3) is 5.91 Å². The van der Waals surface area contributed by atoms with Crippen LogP contribution in [0.4, 0.5) is 4.79 Å². The van der Waals surface area contributed by atoms with Gasteiger partial charge in [0.2, 0.25) is 0 Å². The van der Waals surface area contributed by atoms with Crippen LogP contribution in [-0.4, -0.2) is 48.0 Å². The van der Waals surface area contributed by atoms with Crippen molar-refractivity contribution < 1.29 is 14.3 Å². The molecular formula is C17H24N2O3S. The zero-order valence-corrected chi connectivity index (χ0v) is 14.7. The lowest BCUT2D eigenvalue weighted by molar-refractivity contribution is -0.127. The van der Waals surface area contributed by atoms with Gasteiger partial charge in [-0.2, -0.15) is 11.8 Å². The summed E-state index contributed by atoms with van der Waals surface area (Å²) in [5.74, 6) is 1.61. The van der Waals surface area contributed by atoms with Crippen LogP contribution < -0.4 is 10.1 Å². The van der Waals surface area contributed by atoms with Crippen LogP contribution in [0.1, 0.15) is 24.0 Å². The summed E-state index contributed by atoms with van der Waals surface area (Å²) >= 11 is 1.67. The standard InChI is InChI=1S/C17H24N2O3S/c1-12-5-6-13(2)15(11-12)22-9-4-8-19-16(20)14(7-10-23-3)18-17(19)21/h5-6,11,14H,4,7-10H2,1-3H3,(H,18,21)/t14-/m1/s1. The van der Waals surface area contributed by atoms with E-state index in [9.17, 15) is 9.59 Å². The van der Waals surface area contributed by atoms with E-state index in [2.05, 4.69) is 5.32 Å². The number of nitrogens with zero attached hydrogens (tertiary/aromatic N) is 1. The van der Waals surface area contributed by atoms with E-state index in [4.69, 9.17) is 4.74 Å². The minimum atomic E-state index is -0.366. The van der Waals surface area contributed by atoms with Crippen molar-refractivity contribution in [1.29, 1.82) is 0 Å². The summed E-state index contributed by atoms with van der Waals surface area (Å²) < 4.78 is 5.77. The second-order valence-electron chi connectivity index (χ2n) is 5.74. The minimum Gasteiger partial charge on any atom is -0.493 e. The number of carbonyl (C=O) groups is 2. The maximum absolute atomic E-state index is 12.2. The number of carbonyl (C=O) groups excluding carboxylic acids is 2. The number of amides is 3. The van der Waals surface area contributed by atoms with Gasteiger partial charge in [-0.15, -0.1) is 0 Å². The molecule has 1 saturated heterocycles. The highest BCUT2D eigenvalue weighted by Gasteiger charge is 2.36. The lowest BCUT2D eigenvalue weighted by Gasteiger charge is -2.14. The molecule has 1 aromatic rings. The van der Waals surface area contributed by atoms with Gasteiger partial charge in [0.05, 0.1) is 6.61 Å². The van der Waals surface area contributed by atoms with Gasteiger partial charge >= 0.3 is 6.03 Å². The molecule has 1 aromatic carbocycles. The van der Waals surface area contributed by atoms with Crippen molar-refractivity contribution in [3.8, 4) is 5.75 Å². The van der Waals surface area contributed by atoms with Gasteiger partial charge in [-0.25, -0.2) is 4.79 Å². The molecule has 1 aliphatic rings. The number of urea groups is 1. The summed E-state index contributed by atoms with van der Waals surface area (Å²) in [6, 6.07) is 5.42. The van der Waals surface area contributed by atoms with E-state index < -0.39 is 0 Å². The molecule has 126 valence electrons. The first kappa shape index (κ1) is 17.7. The number of thioether (sulfide) groups is 1. The van der Waals surface area contributed by atoms with Crippen LogP contribution in [0.25, 0.3) is 0 Å². The predicted molar refractivity (Wildman–Crippen MR) is 93.1 cm³/mol. The number of rotatable bonds is 8. The molecule has 0 saturated carbocycles. The summed E-state index contributed by atoms with van der Waals surface area (Å²) in [5, 5.41) is 2.75. The smallest absolute Gasteiger partial charge is 0.324 e. The third-order valence-corrected chi connectivity index (χ3v) is 4.49. The Labute approximate surface area is 141 Å². The van der Waals surface area contributed by atoms with Crippen molar-refractivity contribution in [2.24, 2.45) is 0 Å². The highest BCUT2D eigenvalue weighted by molar-refractivity contribution is 7.98. The molecule has 1 N–H and O–H groups in total. The topological polar surface area (TPSA) is 58.6 Å². The third-order valence-electron chi connectivity index (χ3n) is 3.84. The number of aryl methyl sites for hydroxylation is 2. The van der Waals surface area contributed by atoms with Gasteiger partial charge in [0, 0.05) is 6.54 Å². The number of benzene rings is 1. The van der Waals surface area contributed by atoms with E-state index in [0.29, 0.717) is 26.0 Å². The SMILES string of the molecule is CSCC[C@H]1NC(=O)N(CCCOc2cc(C)ccc2C)C1=O. The van der Waals surface area contributed by atoms with Crippen molar-refractivity contribution in [1.82, 2.24) is 10.2 Å². The van der Waals surface area contributed by atoms with Crippen molar-refractivity contribution in [2.75, 3.05) is 25.2 Å². The number of imide groups is 1. The van der Waals surface area contributed by atoms with Gasteiger partial charge in [-0.05, 0) is 55.9 Å². The summed E-state index contributed by atoms with van der Waals surface area (Å²) in [6.07, 6.45) is 3.30. The Bertz CT molecular complexity index is 577. The molecule has 3 amide bonds. The van der Waals surface area contributed by atoms with Gasteiger partial charge in [-0.3, -0.25) is 9.69 Å². The van der Waals surface area contributed by atoms with Crippen LogP contribution in [0.5, 0.6) is 5.75 Å². The summed E-state index contributed by atoms with van der Waals surface area (Å²) in [4.78, 5) is 25.3. The van der Waals surface area contributed by atoms with Crippen molar-refractivity contribution in [2.45, 2.75) is 32.7 Å². The van der Waals surface area contributed by atoms with Crippen molar-refractivity contribution in [3.05, 3.63) is 29.3 Å². The second kappa shape index (κ2) is 8.24. The zero-order valence-electron chi connectivity index (χ0n) is 13.9. The maximum atomic E-state index is 12.2. The number of nitrogens with one attached hydrogen (secondary N) is 1. The number of ether oxygens (including phenoxy) is 1. The molecule has 0 radical (unpaired) electrons. The van der Waals surface area contributed by atoms with E-state index >= 15 is 0 Å². The molecule has 1 fully saturated rings. The first-order chi connectivity index (χ1) is 11.0. The van der Waals surface area contributed by atoms with Crippen LogP contribution in [0.3, 0.4) is 0 Å². The molecule has 0 aromatic heterocycles. The third kappa shape index (κ3) is 4.64. The van der Waals surface area contributed by atoms with Crippen LogP contribution >= 0.6 is 11.8 Å². The van der Waals surface area contributed by atoms with E-state index in [1.54, 1.807) is 11.8 Å². The Kier molecular flexibility index (Phi) is 6.33. The number of hydrogen-bond donors (Lipinski definition) is 1. The lowest BCUT2D eigenvalue weighted by atomic mass is 10.1. The molecule has 0 unspecified atom stereocenters. The van der Waals surface area contributed by atoms with Crippen molar-refractivity contribution >= 4 is 23.7 Å². The molecule has 5 nitrogen and oxygen atoms in total. The van der Waals surface area contributed by atoms with Gasteiger partial charge < -0.3 is 10.1 Å². The van der Waals surface area contributed by atoms with Gasteiger partial charge in [-0.1, -0.05) is 12.1 Å². The predicted octanol–water partition coefficient (Wildman–Crippen LogP) is 2.75. The lowest BCUT2D eigenvalue weighted by Crippen LogP contribution is -2.33. The van der Waals surface area contributed by atoms with E-state index in [0.717, 1.165) is 22.6 Å². The van der Waals surface area contributed by atoms with Gasteiger partial charge in [0.15, 0.2) is 0 Å². The van der Waals surface area contributed by atoms with Crippen molar-refractivity contribution in [3.63, 3.8) is 0 Å². The average molecular weight is 336 g/mol. The molecule has 0 spiro atoms. The van der Waals surface area contributed by atoms with Gasteiger partial charge in [0.1, 0.15) is 11.8 Å².